The van der Waals surface area contributed by atoms with Crippen molar-refractivity contribution in [3.63, 3.8) is 0 Å². The Bertz CT molecular complexity index is 442. The molecule has 3 heteroatoms. The fourth-order valence-electron chi connectivity index (χ4n) is 2.48. The molecule has 0 spiro atoms. The second-order valence-electron chi connectivity index (χ2n) is 5.73. The van der Waals surface area contributed by atoms with Crippen molar-refractivity contribution in [3.8, 4) is 5.75 Å². The predicted octanol–water partition coefficient (Wildman–Crippen LogP) is 2.89. The molecule has 2 atom stereocenters. The van der Waals surface area contributed by atoms with Crippen molar-refractivity contribution >= 4 is 5.78 Å². The van der Waals surface area contributed by atoms with Gasteiger partial charge in [0.25, 0.3) is 0 Å². The number of carbonyl (C=O) groups is 1. The summed E-state index contributed by atoms with van der Waals surface area (Å²) in [5, 5.41) is 0. The van der Waals surface area contributed by atoms with Gasteiger partial charge in [0.05, 0.1) is 6.61 Å². The van der Waals surface area contributed by atoms with Crippen LogP contribution in [0, 0.1) is 5.92 Å². The van der Waals surface area contributed by atoms with E-state index in [1.165, 1.54) is 5.56 Å². The standard InChI is InChI=1S/C16H23NO2/c1-11(2)15(17)10-13(18)9-12-7-8-19-16-6-4-3-5-14(12)16/h3-6,11-12,15H,7-10,17H2,1-2H3. The number of nitrogens with two attached hydrogens (primary N) is 1. The fourth-order valence-corrected chi connectivity index (χ4v) is 2.48. The van der Waals surface area contributed by atoms with Crippen LogP contribution in [0.5, 0.6) is 5.75 Å². The number of ether oxygens (including phenoxy) is 1. The molecule has 2 N–H and O–H groups in total. The van der Waals surface area contributed by atoms with Crippen LogP contribution in [0.3, 0.4) is 0 Å². The summed E-state index contributed by atoms with van der Waals surface area (Å²) in [6, 6.07) is 7.99. The number of hydrogen-bond acceptors (Lipinski definition) is 3. The normalized spacial score (nSPS) is 19.7. The molecule has 0 aromatic heterocycles. The van der Waals surface area contributed by atoms with Crippen LogP contribution in [0.15, 0.2) is 24.3 Å². The molecular weight excluding hydrogens is 238 g/mol. The molecule has 104 valence electrons. The molecule has 1 heterocycles. The van der Waals surface area contributed by atoms with Crippen molar-refractivity contribution in [3.05, 3.63) is 29.8 Å². The van der Waals surface area contributed by atoms with E-state index in [1.54, 1.807) is 0 Å². The Morgan fingerprint density at radius 3 is 2.89 bits per heavy atom. The third-order valence-electron chi connectivity index (χ3n) is 3.88. The van der Waals surface area contributed by atoms with Crippen LogP contribution in [0.25, 0.3) is 0 Å². The Morgan fingerprint density at radius 1 is 1.42 bits per heavy atom. The molecule has 0 saturated heterocycles. The quantitative estimate of drug-likeness (QED) is 0.886. The molecule has 0 amide bonds. The second-order valence-corrected chi connectivity index (χ2v) is 5.73. The van der Waals surface area contributed by atoms with Gasteiger partial charge in [0, 0.05) is 18.9 Å². The molecule has 19 heavy (non-hydrogen) atoms. The topological polar surface area (TPSA) is 52.3 Å². The zero-order valence-corrected chi connectivity index (χ0v) is 11.8. The van der Waals surface area contributed by atoms with Gasteiger partial charge in [-0.1, -0.05) is 32.0 Å². The first-order valence-corrected chi connectivity index (χ1v) is 7.07. The highest BCUT2D eigenvalue weighted by Gasteiger charge is 2.24. The van der Waals surface area contributed by atoms with Gasteiger partial charge in [-0.05, 0) is 29.9 Å². The number of Topliss-reactive ketones (excluding diaryl/α,β-unsaturated/α-hetero) is 1. The Hall–Kier alpha value is -1.35. The van der Waals surface area contributed by atoms with Crippen molar-refractivity contribution in [2.45, 2.75) is 45.1 Å². The minimum Gasteiger partial charge on any atom is -0.493 e. The van der Waals surface area contributed by atoms with Crippen molar-refractivity contribution < 1.29 is 9.53 Å². The van der Waals surface area contributed by atoms with Gasteiger partial charge in [0.15, 0.2) is 0 Å². The molecular formula is C16H23NO2. The van der Waals surface area contributed by atoms with Crippen LogP contribution in [0.4, 0.5) is 0 Å². The van der Waals surface area contributed by atoms with Gasteiger partial charge in [-0.15, -0.1) is 0 Å². The number of ketones is 1. The second kappa shape index (κ2) is 6.20. The van der Waals surface area contributed by atoms with E-state index in [0.29, 0.717) is 25.4 Å². The lowest BCUT2D eigenvalue weighted by Crippen LogP contribution is -2.30. The molecule has 3 nitrogen and oxygen atoms in total. The van der Waals surface area contributed by atoms with E-state index in [1.807, 2.05) is 18.2 Å². The SMILES string of the molecule is CC(C)C(N)CC(=O)CC1CCOc2ccccc21. The first-order valence-electron chi connectivity index (χ1n) is 7.07. The van der Waals surface area contributed by atoms with Crippen LogP contribution < -0.4 is 10.5 Å². The average Bonchev–Trinajstić information content (AvgIpc) is 2.39. The van der Waals surface area contributed by atoms with Gasteiger partial charge in [-0.2, -0.15) is 0 Å². The smallest absolute Gasteiger partial charge is 0.135 e. The lowest BCUT2D eigenvalue weighted by atomic mass is 9.86. The minimum absolute atomic E-state index is 0.0254. The number of rotatable bonds is 5. The maximum atomic E-state index is 12.1. The molecule has 1 aromatic carbocycles. The van der Waals surface area contributed by atoms with E-state index < -0.39 is 0 Å². The van der Waals surface area contributed by atoms with Gasteiger partial charge in [-0.3, -0.25) is 4.79 Å². The van der Waals surface area contributed by atoms with Crippen molar-refractivity contribution in [1.82, 2.24) is 0 Å². The molecule has 0 fully saturated rings. The average molecular weight is 261 g/mol. The molecule has 1 aliphatic rings. The Morgan fingerprint density at radius 2 is 2.16 bits per heavy atom. The summed E-state index contributed by atoms with van der Waals surface area (Å²) < 4.78 is 5.62. The van der Waals surface area contributed by atoms with Gasteiger partial charge < -0.3 is 10.5 Å². The number of fused-ring (bicyclic) bond motifs is 1. The van der Waals surface area contributed by atoms with E-state index >= 15 is 0 Å². The minimum atomic E-state index is -0.0254. The Kier molecular flexibility index (Phi) is 4.59. The van der Waals surface area contributed by atoms with E-state index in [4.69, 9.17) is 10.5 Å². The Balaban J connectivity index is 1.99. The van der Waals surface area contributed by atoms with Crippen molar-refractivity contribution in [2.75, 3.05) is 6.61 Å². The van der Waals surface area contributed by atoms with E-state index in [-0.39, 0.29) is 17.7 Å². The largest absolute Gasteiger partial charge is 0.493 e. The highest BCUT2D eigenvalue weighted by atomic mass is 16.5. The van der Waals surface area contributed by atoms with E-state index in [9.17, 15) is 4.79 Å². The first kappa shape index (κ1) is 14.1. The molecule has 0 aliphatic carbocycles. The Labute approximate surface area is 115 Å². The zero-order chi connectivity index (χ0) is 13.8. The monoisotopic (exact) mass is 261 g/mol. The summed E-state index contributed by atoms with van der Waals surface area (Å²) in [5.74, 6) is 1.84. The highest BCUT2D eigenvalue weighted by molar-refractivity contribution is 5.80. The van der Waals surface area contributed by atoms with Crippen LogP contribution >= 0.6 is 0 Å². The van der Waals surface area contributed by atoms with Gasteiger partial charge in [0.1, 0.15) is 11.5 Å². The molecule has 2 rings (SSSR count). The molecule has 0 bridgehead atoms. The number of benzene rings is 1. The van der Waals surface area contributed by atoms with Crippen LogP contribution in [0.1, 0.15) is 44.6 Å². The summed E-state index contributed by atoms with van der Waals surface area (Å²) in [5.41, 5.74) is 7.14. The van der Waals surface area contributed by atoms with Crippen LogP contribution in [-0.4, -0.2) is 18.4 Å². The summed E-state index contributed by atoms with van der Waals surface area (Å²) in [4.78, 5) is 12.1. The van der Waals surface area contributed by atoms with Gasteiger partial charge >= 0.3 is 0 Å². The summed E-state index contributed by atoms with van der Waals surface area (Å²) in [6.07, 6.45) is 1.98. The zero-order valence-electron chi connectivity index (χ0n) is 11.8. The van der Waals surface area contributed by atoms with Crippen LogP contribution in [0.2, 0.25) is 0 Å². The number of carbonyl (C=O) groups excluding carboxylic acids is 1. The maximum absolute atomic E-state index is 12.1. The summed E-state index contributed by atoms with van der Waals surface area (Å²) >= 11 is 0. The number of para-hydroxylation sites is 1. The number of hydrogen-bond donors (Lipinski definition) is 1. The van der Waals surface area contributed by atoms with Gasteiger partial charge in [-0.25, -0.2) is 0 Å². The third kappa shape index (κ3) is 3.57. The first-order chi connectivity index (χ1) is 9.08. The third-order valence-corrected chi connectivity index (χ3v) is 3.88. The lowest BCUT2D eigenvalue weighted by molar-refractivity contribution is -0.120. The van der Waals surface area contributed by atoms with Crippen molar-refractivity contribution in [2.24, 2.45) is 11.7 Å². The summed E-state index contributed by atoms with van der Waals surface area (Å²) in [6.45, 7) is 4.81. The van der Waals surface area contributed by atoms with Crippen LogP contribution in [-0.2, 0) is 4.79 Å². The molecule has 1 aromatic rings. The van der Waals surface area contributed by atoms with Crippen molar-refractivity contribution in [1.29, 1.82) is 0 Å². The van der Waals surface area contributed by atoms with E-state index in [2.05, 4.69) is 19.9 Å². The molecule has 1 aliphatic heterocycles. The molecule has 0 radical (unpaired) electrons. The molecule has 0 saturated carbocycles. The maximum Gasteiger partial charge on any atom is 0.135 e. The predicted molar refractivity (Wildman–Crippen MR) is 76.3 cm³/mol. The fraction of sp³-hybridized carbons (Fsp3) is 0.562. The summed E-state index contributed by atoms with van der Waals surface area (Å²) in [7, 11) is 0. The van der Waals surface area contributed by atoms with E-state index in [0.717, 1.165) is 12.2 Å². The molecule has 2 unspecified atom stereocenters. The highest BCUT2D eigenvalue weighted by Crippen LogP contribution is 2.35. The van der Waals surface area contributed by atoms with Gasteiger partial charge in [0.2, 0.25) is 0 Å². The lowest BCUT2D eigenvalue weighted by Gasteiger charge is -2.26.